The van der Waals surface area contributed by atoms with Gasteiger partial charge in [-0.05, 0) is 91.3 Å². The molecule has 3 heterocycles. The third kappa shape index (κ3) is 13.4. The van der Waals surface area contributed by atoms with E-state index in [2.05, 4.69) is 77.1 Å². The Morgan fingerprint density at radius 3 is 1.94 bits per heavy atom. The number of halogens is 1. The molecule has 82 heavy (non-hydrogen) atoms. The average molecular weight is 1280 g/mol. The highest BCUT2D eigenvalue weighted by molar-refractivity contribution is 14.1. The largest absolute Gasteiger partial charge is 0.479 e. The lowest BCUT2D eigenvalue weighted by Crippen LogP contribution is -2.69. The van der Waals surface area contributed by atoms with Crippen LogP contribution in [0.3, 0.4) is 0 Å². The van der Waals surface area contributed by atoms with Crippen LogP contribution in [0.5, 0.6) is 0 Å². The number of carbonyl (C=O) groups excluding carboxylic acids is 2. The number of carboxylic acid groups (broad SMARTS) is 1. The molecule has 7 rings (SSSR count). The number of unbranched alkanes of at least 4 members (excludes halogenated alkanes) is 11. The fourth-order valence-corrected chi connectivity index (χ4v) is 17.7. The molecule has 21 heteroatoms. The van der Waals surface area contributed by atoms with E-state index in [1.165, 1.54) is 57.8 Å². The van der Waals surface area contributed by atoms with Crippen LogP contribution < -0.4 is 0 Å². The van der Waals surface area contributed by atoms with Crippen molar-refractivity contribution in [2.75, 3.05) is 19.8 Å². The molecule has 3 aliphatic heterocycles. The van der Waals surface area contributed by atoms with Crippen LogP contribution in [0.2, 0.25) is 0 Å². The van der Waals surface area contributed by atoms with E-state index in [0.29, 0.717) is 51.6 Å². The van der Waals surface area contributed by atoms with Crippen molar-refractivity contribution >= 4 is 40.8 Å². The van der Waals surface area contributed by atoms with E-state index < -0.39 is 144 Å². The summed E-state index contributed by atoms with van der Waals surface area (Å²) < 4.78 is 42.1. The Kier molecular flexibility index (Phi) is 23.1. The summed E-state index contributed by atoms with van der Waals surface area (Å²) in [5, 5.41) is 109. The summed E-state index contributed by atoms with van der Waals surface area (Å²) in [6.07, 6.45) is -6.42. The van der Waals surface area contributed by atoms with Crippen molar-refractivity contribution in [2.24, 2.45) is 44.3 Å². The minimum atomic E-state index is -2.14. The highest BCUT2D eigenvalue weighted by Crippen LogP contribution is 2.74. The number of aldehydes is 1. The molecule has 15 unspecified atom stereocenters. The van der Waals surface area contributed by atoms with E-state index >= 15 is 0 Å². The topological polar surface area (TPSA) is 318 Å². The molecule has 24 atom stereocenters. The number of alkyl halides is 1. The van der Waals surface area contributed by atoms with Gasteiger partial charge >= 0.3 is 11.9 Å². The van der Waals surface area contributed by atoms with Crippen LogP contribution in [0.1, 0.15) is 184 Å². The Bertz CT molecular complexity index is 2150. The van der Waals surface area contributed by atoms with Gasteiger partial charge in [0.2, 0.25) is 0 Å². The number of aliphatic hydroxyl groups excluding tert-OH is 9. The molecule has 0 amide bonds. The van der Waals surface area contributed by atoms with E-state index in [4.69, 9.17) is 33.2 Å². The van der Waals surface area contributed by atoms with Crippen LogP contribution in [-0.2, 0) is 47.5 Å². The molecular formula is C61H101IO20. The normalized spacial score (nSPS) is 45.0. The molecular weight excluding hydrogens is 1180 g/mol. The number of carboxylic acids is 1. The van der Waals surface area contributed by atoms with Gasteiger partial charge in [-0.3, -0.25) is 4.79 Å². The number of rotatable bonds is 25. The van der Waals surface area contributed by atoms with Crippen LogP contribution in [0.15, 0.2) is 11.6 Å². The highest BCUT2D eigenvalue weighted by atomic mass is 127. The summed E-state index contributed by atoms with van der Waals surface area (Å²) in [7, 11) is 0. The van der Waals surface area contributed by atoms with Gasteiger partial charge in [0.1, 0.15) is 72.7 Å². The van der Waals surface area contributed by atoms with Gasteiger partial charge in [0.05, 0.1) is 41.4 Å². The minimum Gasteiger partial charge on any atom is -0.479 e. The van der Waals surface area contributed by atoms with Crippen LogP contribution in [0, 0.1) is 44.3 Å². The van der Waals surface area contributed by atoms with Gasteiger partial charge in [0, 0.05) is 0 Å². The average Bonchev–Trinajstić information content (AvgIpc) is 0.747. The number of allylic oxidation sites excluding steroid dienone is 2. The molecule has 0 bridgehead atoms. The molecule has 0 aromatic carbocycles. The summed E-state index contributed by atoms with van der Waals surface area (Å²) in [6, 6.07) is 0. The van der Waals surface area contributed by atoms with E-state index in [0.717, 1.165) is 31.1 Å². The van der Waals surface area contributed by atoms with Gasteiger partial charge in [-0.2, -0.15) is 0 Å². The number of hydrogen-bond donors (Lipinski definition) is 10. The first-order chi connectivity index (χ1) is 38.6. The van der Waals surface area contributed by atoms with Crippen molar-refractivity contribution in [3.8, 4) is 0 Å². The summed E-state index contributed by atoms with van der Waals surface area (Å²) in [5.41, 5.74) is -2.91. The molecule has 0 radical (unpaired) electrons. The van der Waals surface area contributed by atoms with Crippen LogP contribution in [-0.4, -0.2) is 191 Å². The fourth-order valence-electron chi connectivity index (χ4n) is 15.8. The zero-order valence-corrected chi connectivity index (χ0v) is 52.0. The second kappa shape index (κ2) is 27.9. The van der Waals surface area contributed by atoms with E-state index in [1.54, 1.807) is 6.92 Å². The minimum absolute atomic E-state index is 0.0170. The second-order valence-corrected chi connectivity index (χ2v) is 28.8. The lowest BCUT2D eigenvalue weighted by atomic mass is 9.35. The Labute approximate surface area is 498 Å². The first kappa shape index (κ1) is 68.0. The SMILES string of the molecule is CCCCCCCCCCCCCCOC(=O)[C@]1(CCC(C)(C)C)C(I)C2=CCC3C4(C)CC[C@H](O[C@@H]5OC(C(=O)O)[C@@H](O)C(O[C@@H]6OC[C@@H](O)C(O)C6O)C5O[C@@H]5OC(CO)[C@H](O)C(O)C5O)C(C)(C=O)C4CCC3(C)C2(C)C[C@@H]1O. The van der Waals surface area contributed by atoms with Crippen molar-refractivity contribution in [2.45, 2.75) is 286 Å². The number of esters is 1. The van der Waals surface area contributed by atoms with Gasteiger partial charge in [-0.1, -0.05) is 160 Å². The number of hydrogen-bond acceptors (Lipinski definition) is 19. The second-order valence-electron chi connectivity index (χ2n) is 27.6. The fraction of sp³-hybridized carbons (Fsp3) is 0.918. The Balaban J connectivity index is 1.12. The molecule has 7 aliphatic rings. The maximum atomic E-state index is 14.8. The summed E-state index contributed by atoms with van der Waals surface area (Å²) in [4.78, 5) is 41.7. The lowest BCUT2D eigenvalue weighted by Gasteiger charge is -2.70. The zero-order chi connectivity index (χ0) is 60.3. The predicted molar refractivity (Wildman–Crippen MR) is 307 cm³/mol. The highest BCUT2D eigenvalue weighted by Gasteiger charge is 2.71. The zero-order valence-electron chi connectivity index (χ0n) is 49.8. The molecule has 6 fully saturated rings. The molecule has 0 aromatic rings. The molecule has 3 saturated carbocycles. The molecule has 4 aliphatic carbocycles. The molecule has 10 N–H and O–H groups in total. The standard InChI is InChI=1S/C61H101IO20/c1-9-10-11-12-13-14-15-16-17-18-19-20-29-76-55(75)61(28-27-56(2,3)4)39(66)30-60(8)34(50(61)62)21-22-38-57(5)25-24-40(58(6,33-64)37(57)23-26-59(38,60)7)79-54-49(82-53-45(71)43(69)42(68)36(31-63)78-53)47(46(72)48(81-54)51(73)74)80-52-44(70)41(67)35(65)32-77-52/h21,33,35-50,52-54,63,65-72H,9-20,22-32H2,1-8H3,(H,73,74)/t35-,36?,37?,38?,39+,40+,41?,42+,43?,44?,45?,46+,47?,48?,49?,50?,52+,53+,54-,57?,58?,59?,60?,61+/m1/s1. The quantitative estimate of drug-likeness (QED) is 0.0102. The lowest BCUT2D eigenvalue weighted by molar-refractivity contribution is -0.391. The number of ether oxygens (including phenoxy) is 7. The molecule has 20 nitrogen and oxygen atoms in total. The molecule has 472 valence electrons. The van der Waals surface area contributed by atoms with Gasteiger partial charge in [0.25, 0.3) is 0 Å². The van der Waals surface area contributed by atoms with E-state index in [-0.39, 0.29) is 33.6 Å². The summed E-state index contributed by atoms with van der Waals surface area (Å²) >= 11 is 2.43. The first-order valence-electron chi connectivity index (χ1n) is 30.8. The van der Waals surface area contributed by atoms with Gasteiger partial charge in [-0.15, -0.1) is 0 Å². The maximum absolute atomic E-state index is 14.8. The maximum Gasteiger partial charge on any atom is 0.335 e. The van der Waals surface area contributed by atoms with Crippen molar-refractivity contribution < 1.29 is 98.6 Å². The summed E-state index contributed by atoms with van der Waals surface area (Å²) in [5.74, 6) is -2.35. The Morgan fingerprint density at radius 1 is 0.732 bits per heavy atom. The Hall–Kier alpha value is -1.52. The van der Waals surface area contributed by atoms with Gasteiger partial charge in [-0.25, -0.2) is 4.79 Å². The predicted octanol–water partition coefficient (Wildman–Crippen LogP) is 5.55. The van der Waals surface area contributed by atoms with Crippen molar-refractivity contribution in [3.05, 3.63) is 11.6 Å². The van der Waals surface area contributed by atoms with Gasteiger partial charge < -0.3 is 89.0 Å². The molecule has 3 saturated heterocycles. The monoisotopic (exact) mass is 1280 g/mol. The number of aliphatic hydroxyl groups is 9. The third-order valence-corrected chi connectivity index (χ3v) is 23.0. The number of aliphatic carboxylic acids is 1. The van der Waals surface area contributed by atoms with Crippen molar-refractivity contribution in [1.29, 1.82) is 0 Å². The van der Waals surface area contributed by atoms with E-state index in [9.17, 15) is 65.4 Å². The smallest absolute Gasteiger partial charge is 0.335 e. The van der Waals surface area contributed by atoms with E-state index in [1.807, 2.05) is 0 Å². The number of carbonyl (C=O) groups is 3. The molecule has 0 spiro atoms. The van der Waals surface area contributed by atoms with Crippen LogP contribution in [0.25, 0.3) is 0 Å². The van der Waals surface area contributed by atoms with Crippen molar-refractivity contribution in [3.63, 3.8) is 0 Å². The van der Waals surface area contributed by atoms with Crippen molar-refractivity contribution in [1.82, 2.24) is 0 Å². The van der Waals surface area contributed by atoms with Gasteiger partial charge in [0.15, 0.2) is 25.0 Å². The Morgan fingerprint density at radius 2 is 1.34 bits per heavy atom. The summed E-state index contributed by atoms with van der Waals surface area (Å²) in [6.45, 7) is 16.2. The van der Waals surface area contributed by atoms with Crippen LogP contribution in [0.4, 0.5) is 0 Å². The van der Waals surface area contributed by atoms with Crippen LogP contribution >= 0.6 is 22.6 Å². The first-order valence-corrected chi connectivity index (χ1v) is 32.0. The molecule has 0 aromatic heterocycles. The number of fused-ring (bicyclic) bond motifs is 5. The third-order valence-electron chi connectivity index (χ3n) is 21.2.